The van der Waals surface area contributed by atoms with E-state index in [2.05, 4.69) is 35.6 Å². The molecule has 0 saturated carbocycles. The van der Waals surface area contributed by atoms with Crippen LogP contribution in [0.5, 0.6) is 0 Å². The average molecular weight is 231 g/mol. The van der Waals surface area contributed by atoms with Crippen LogP contribution in [0.1, 0.15) is 24.8 Å². The molecule has 2 aliphatic heterocycles. The SMILES string of the molecule is c1ccc(C2(C3CCNC3)CCOCC2)cc1. The molecular formula is C15H21NO. The normalized spacial score (nSPS) is 28.1. The van der Waals surface area contributed by atoms with E-state index >= 15 is 0 Å². The van der Waals surface area contributed by atoms with Crippen LogP contribution in [0.25, 0.3) is 0 Å². The van der Waals surface area contributed by atoms with Crippen LogP contribution in [0, 0.1) is 5.92 Å². The fourth-order valence-electron chi connectivity index (χ4n) is 3.56. The zero-order chi connectivity index (χ0) is 11.6. The first kappa shape index (κ1) is 11.2. The summed E-state index contributed by atoms with van der Waals surface area (Å²) in [7, 11) is 0. The molecule has 17 heavy (non-hydrogen) atoms. The second-order valence-corrected chi connectivity index (χ2v) is 5.32. The molecule has 0 aliphatic carbocycles. The van der Waals surface area contributed by atoms with Crippen LogP contribution in [0.2, 0.25) is 0 Å². The summed E-state index contributed by atoms with van der Waals surface area (Å²) in [6.45, 7) is 4.20. The summed E-state index contributed by atoms with van der Waals surface area (Å²) < 4.78 is 5.59. The molecule has 2 heterocycles. The van der Waals surface area contributed by atoms with Crippen LogP contribution >= 0.6 is 0 Å². The second-order valence-electron chi connectivity index (χ2n) is 5.32. The Balaban J connectivity index is 1.95. The molecule has 0 amide bonds. The van der Waals surface area contributed by atoms with E-state index in [-0.39, 0.29) is 0 Å². The van der Waals surface area contributed by atoms with Gasteiger partial charge in [0.15, 0.2) is 0 Å². The van der Waals surface area contributed by atoms with Crippen molar-refractivity contribution in [3.05, 3.63) is 35.9 Å². The lowest BCUT2D eigenvalue weighted by atomic mass is 9.65. The van der Waals surface area contributed by atoms with Gasteiger partial charge < -0.3 is 10.1 Å². The largest absolute Gasteiger partial charge is 0.381 e. The summed E-state index contributed by atoms with van der Waals surface area (Å²) in [5.74, 6) is 0.786. The van der Waals surface area contributed by atoms with Gasteiger partial charge in [-0.2, -0.15) is 0 Å². The molecule has 1 N–H and O–H groups in total. The molecule has 0 aromatic heterocycles. The molecule has 1 aromatic carbocycles. The minimum atomic E-state index is 0.364. The first-order chi connectivity index (χ1) is 8.42. The quantitative estimate of drug-likeness (QED) is 0.843. The van der Waals surface area contributed by atoms with E-state index in [4.69, 9.17) is 4.74 Å². The molecule has 2 aliphatic rings. The van der Waals surface area contributed by atoms with Gasteiger partial charge in [-0.05, 0) is 43.8 Å². The predicted octanol–water partition coefficient (Wildman–Crippen LogP) is 2.34. The molecule has 1 atom stereocenters. The number of nitrogens with one attached hydrogen (secondary N) is 1. The van der Waals surface area contributed by atoms with Gasteiger partial charge in [-0.1, -0.05) is 30.3 Å². The first-order valence-electron chi connectivity index (χ1n) is 6.76. The monoisotopic (exact) mass is 231 g/mol. The first-order valence-corrected chi connectivity index (χ1v) is 6.76. The van der Waals surface area contributed by atoms with Crippen molar-refractivity contribution in [1.29, 1.82) is 0 Å². The average Bonchev–Trinajstić information content (AvgIpc) is 2.95. The third-order valence-corrected chi connectivity index (χ3v) is 4.58. The zero-order valence-corrected chi connectivity index (χ0v) is 10.3. The molecule has 0 spiro atoms. The molecule has 1 aromatic rings. The lowest BCUT2D eigenvalue weighted by Gasteiger charge is -2.42. The minimum absolute atomic E-state index is 0.364. The van der Waals surface area contributed by atoms with E-state index in [0.717, 1.165) is 19.1 Å². The summed E-state index contributed by atoms with van der Waals surface area (Å²) in [5, 5.41) is 3.52. The van der Waals surface area contributed by atoms with Crippen molar-refractivity contribution >= 4 is 0 Å². The Morgan fingerprint density at radius 2 is 1.88 bits per heavy atom. The van der Waals surface area contributed by atoms with Crippen LogP contribution in [-0.2, 0) is 10.2 Å². The van der Waals surface area contributed by atoms with E-state index in [1.807, 2.05) is 0 Å². The fourth-order valence-corrected chi connectivity index (χ4v) is 3.56. The second kappa shape index (κ2) is 4.79. The van der Waals surface area contributed by atoms with Crippen LogP contribution in [0.15, 0.2) is 30.3 Å². The van der Waals surface area contributed by atoms with Gasteiger partial charge in [-0.15, -0.1) is 0 Å². The predicted molar refractivity (Wildman–Crippen MR) is 69.1 cm³/mol. The van der Waals surface area contributed by atoms with Gasteiger partial charge in [0.2, 0.25) is 0 Å². The molecule has 2 fully saturated rings. The third-order valence-electron chi connectivity index (χ3n) is 4.58. The van der Waals surface area contributed by atoms with Gasteiger partial charge in [-0.3, -0.25) is 0 Å². The van der Waals surface area contributed by atoms with Crippen LogP contribution < -0.4 is 5.32 Å². The number of ether oxygens (including phenoxy) is 1. The van der Waals surface area contributed by atoms with Gasteiger partial charge in [0.05, 0.1) is 0 Å². The Hall–Kier alpha value is -0.860. The molecule has 2 saturated heterocycles. The number of hydrogen-bond acceptors (Lipinski definition) is 2. The van der Waals surface area contributed by atoms with E-state index < -0.39 is 0 Å². The standard InChI is InChI=1S/C15H21NO/c1-2-4-13(5-3-1)15(7-10-17-11-8-15)14-6-9-16-12-14/h1-5,14,16H,6-12H2. The van der Waals surface area contributed by atoms with E-state index in [1.165, 1.54) is 37.9 Å². The molecule has 2 nitrogen and oxygen atoms in total. The van der Waals surface area contributed by atoms with Crippen molar-refractivity contribution in [2.45, 2.75) is 24.7 Å². The highest BCUT2D eigenvalue weighted by Gasteiger charge is 2.42. The molecule has 0 radical (unpaired) electrons. The van der Waals surface area contributed by atoms with Gasteiger partial charge in [0, 0.05) is 18.6 Å². The zero-order valence-electron chi connectivity index (χ0n) is 10.3. The Bertz CT molecular complexity index is 350. The minimum Gasteiger partial charge on any atom is -0.381 e. The van der Waals surface area contributed by atoms with Crippen LogP contribution in [-0.4, -0.2) is 26.3 Å². The van der Waals surface area contributed by atoms with E-state index in [9.17, 15) is 0 Å². The van der Waals surface area contributed by atoms with Crippen molar-refractivity contribution in [3.63, 3.8) is 0 Å². The highest BCUT2D eigenvalue weighted by atomic mass is 16.5. The lowest BCUT2D eigenvalue weighted by Crippen LogP contribution is -2.41. The summed E-state index contributed by atoms with van der Waals surface area (Å²) in [6, 6.07) is 11.1. The smallest absolute Gasteiger partial charge is 0.0474 e. The molecule has 3 rings (SSSR count). The van der Waals surface area contributed by atoms with Crippen molar-refractivity contribution in [1.82, 2.24) is 5.32 Å². The Labute approximate surface area is 103 Å². The van der Waals surface area contributed by atoms with Crippen molar-refractivity contribution < 1.29 is 4.74 Å². The number of hydrogen-bond donors (Lipinski definition) is 1. The summed E-state index contributed by atoms with van der Waals surface area (Å²) in [5.41, 5.74) is 1.89. The molecule has 0 bridgehead atoms. The molecule has 1 unspecified atom stereocenters. The van der Waals surface area contributed by atoms with Crippen LogP contribution in [0.4, 0.5) is 0 Å². The van der Waals surface area contributed by atoms with Gasteiger partial charge in [0.25, 0.3) is 0 Å². The van der Waals surface area contributed by atoms with Crippen molar-refractivity contribution in [3.8, 4) is 0 Å². The van der Waals surface area contributed by atoms with Crippen molar-refractivity contribution in [2.75, 3.05) is 26.3 Å². The Morgan fingerprint density at radius 1 is 1.12 bits per heavy atom. The highest BCUT2D eigenvalue weighted by Crippen LogP contribution is 2.43. The maximum atomic E-state index is 5.59. The topological polar surface area (TPSA) is 21.3 Å². The van der Waals surface area contributed by atoms with E-state index in [1.54, 1.807) is 0 Å². The maximum Gasteiger partial charge on any atom is 0.0474 e. The molecule has 92 valence electrons. The van der Waals surface area contributed by atoms with Gasteiger partial charge in [0.1, 0.15) is 0 Å². The molecular weight excluding hydrogens is 210 g/mol. The fraction of sp³-hybridized carbons (Fsp3) is 0.600. The van der Waals surface area contributed by atoms with Gasteiger partial charge >= 0.3 is 0 Å². The highest BCUT2D eigenvalue weighted by molar-refractivity contribution is 5.27. The molecule has 2 heteroatoms. The van der Waals surface area contributed by atoms with Crippen molar-refractivity contribution in [2.24, 2.45) is 5.92 Å². The Morgan fingerprint density at radius 3 is 2.53 bits per heavy atom. The van der Waals surface area contributed by atoms with Crippen LogP contribution in [0.3, 0.4) is 0 Å². The summed E-state index contributed by atoms with van der Waals surface area (Å²) in [6.07, 6.45) is 3.68. The summed E-state index contributed by atoms with van der Waals surface area (Å²) >= 11 is 0. The van der Waals surface area contributed by atoms with Gasteiger partial charge in [-0.25, -0.2) is 0 Å². The number of benzene rings is 1. The van der Waals surface area contributed by atoms with E-state index in [0.29, 0.717) is 5.41 Å². The Kier molecular flexibility index (Phi) is 3.17. The maximum absolute atomic E-state index is 5.59. The summed E-state index contributed by atoms with van der Waals surface area (Å²) in [4.78, 5) is 0. The third kappa shape index (κ3) is 2.00. The lowest BCUT2D eigenvalue weighted by molar-refractivity contribution is 0.0290. The number of rotatable bonds is 2.